The van der Waals surface area contributed by atoms with E-state index in [1.807, 2.05) is 62.9 Å². The molecule has 1 unspecified atom stereocenters. The number of benzene rings is 2. The fraction of sp³-hybridized carbons (Fsp3) is 0.417. The van der Waals surface area contributed by atoms with E-state index < -0.39 is 42.3 Å². The van der Waals surface area contributed by atoms with Crippen molar-refractivity contribution in [2.45, 2.75) is 71.3 Å². The Morgan fingerprint density at radius 1 is 1.15 bits per heavy atom. The molecule has 3 aromatic rings. The third-order valence-corrected chi connectivity index (χ3v) is 8.84. The second-order valence-corrected chi connectivity index (χ2v) is 13.2. The molecule has 11 heteroatoms. The van der Waals surface area contributed by atoms with Crippen LogP contribution < -0.4 is 0 Å². The van der Waals surface area contributed by atoms with Gasteiger partial charge in [0.25, 0.3) is 0 Å². The number of hydrogen-bond acceptors (Lipinski definition) is 6. The molecule has 0 aliphatic carbocycles. The molecule has 2 aliphatic heterocycles. The average molecular weight is 649 g/mol. The lowest BCUT2D eigenvalue weighted by Gasteiger charge is -2.39. The summed E-state index contributed by atoms with van der Waals surface area (Å²) in [5.41, 5.74) is 4.15. The van der Waals surface area contributed by atoms with Crippen LogP contribution >= 0.6 is 0 Å². The zero-order valence-corrected chi connectivity index (χ0v) is 27.5. The van der Waals surface area contributed by atoms with Crippen LogP contribution in [0.3, 0.4) is 0 Å². The number of allylic oxidation sites excluding steroid dienone is 1. The SMILES string of the molecule is Cc1cccc(C)c1-c1cc([C@H](CC(=O)O)[N+]2=CC3C=C(C(F)(F)F)C(CCN(C)C)=CN3[C@H](CC(C)C)C2=O)c2ncncc2c1. The normalized spacial score (nSPS) is 19.1. The van der Waals surface area contributed by atoms with Gasteiger partial charge in [0.15, 0.2) is 18.3 Å². The van der Waals surface area contributed by atoms with Gasteiger partial charge in [-0.05, 0) is 92.7 Å². The molecule has 3 heterocycles. The fourth-order valence-electron chi connectivity index (χ4n) is 6.73. The summed E-state index contributed by atoms with van der Waals surface area (Å²) in [6.45, 7) is 8.29. The number of aromatic nitrogens is 2. The Hall–Kier alpha value is -4.38. The van der Waals surface area contributed by atoms with E-state index in [4.69, 9.17) is 0 Å². The van der Waals surface area contributed by atoms with E-state index in [2.05, 4.69) is 9.97 Å². The van der Waals surface area contributed by atoms with Crippen molar-refractivity contribution in [1.82, 2.24) is 19.8 Å². The summed E-state index contributed by atoms with van der Waals surface area (Å²) in [5.74, 6) is -1.48. The molecule has 0 saturated heterocycles. The molecule has 3 atom stereocenters. The van der Waals surface area contributed by atoms with Crippen LogP contribution in [0, 0.1) is 19.8 Å². The highest BCUT2D eigenvalue weighted by Gasteiger charge is 2.49. The highest BCUT2D eigenvalue weighted by atomic mass is 19.4. The van der Waals surface area contributed by atoms with Crippen LogP contribution in [0.5, 0.6) is 0 Å². The molecule has 0 radical (unpaired) electrons. The number of aryl methyl sites for hydroxylation is 2. The van der Waals surface area contributed by atoms with E-state index in [0.29, 0.717) is 29.4 Å². The number of fused-ring (bicyclic) bond motifs is 2. The topological polar surface area (TPSA) is 89.6 Å². The van der Waals surface area contributed by atoms with Gasteiger partial charge in [0.1, 0.15) is 18.8 Å². The van der Waals surface area contributed by atoms with Gasteiger partial charge >= 0.3 is 18.1 Å². The average Bonchev–Trinajstić information content (AvgIpc) is 2.98. The van der Waals surface area contributed by atoms with Crippen molar-refractivity contribution < 1.29 is 32.4 Å². The van der Waals surface area contributed by atoms with Crippen molar-refractivity contribution in [3.63, 3.8) is 0 Å². The Bertz CT molecular complexity index is 1770. The molecule has 2 aliphatic rings. The Morgan fingerprint density at radius 3 is 2.47 bits per heavy atom. The third kappa shape index (κ3) is 7.15. The molecule has 0 spiro atoms. The van der Waals surface area contributed by atoms with Crippen LogP contribution in [0.4, 0.5) is 13.2 Å². The van der Waals surface area contributed by atoms with E-state index in [1.54, 1.807) is 25.2 Å². The molecule has 0 saturated carbocycles. The summed E-state index contributed by atoms with van der Waals surface area (Å²) in [5, 5.41) is 10.8. The maximum absolute atomic E-state index is 14.5. The molecule has 8 nitrogen and oxygen atoms in total. The maximum atomic E-state index is 14.5. The molecular weight excluding hydrogens is 607 g/mol. The number of hydrogen-bond donors (Lipinski definition) is 1. The minimum Gasteiger partial charge on any atom is -0.481 e. The molecule has 0 fully saturated rings. The van der Waals surface area contributed by atoms with Gasteiger partial charge in [-0.1, -0.05) is 32.0 Å². The van der Waals surface area contributed by atoms with E-state index in [0.717, 1.165) is 22.3 Å². The zero-order chi connectivity index (χ0) is 34.2. The number of amides is 1. The lowest BCUT2D eigenvalue weighted by molar-refractivity contribution is -0.498. The second-order valence-electron chi connectivity index (χ2n) is 13.2. The highest BCUT2D eigenvalue weighted by Crippen LogP contribution is 2.40. The summed E-state index contributed by atoms with van der Waals surface area (Å²) in [6, 6.07) is 6.98. The number of carboxylic acids is 1. The molecule has 5 rings (SSSR count). The Labute approximate surface area is 272 Å². The number of rotatable bonds is 10. The number of nitrogens with zero attached hydrogens (tertiary/aromatic N) is 5. The maximum Gasteiger partial charge on any atom is 0.416 e. The van der Waals surface area contributed by atoms with Crippen molar-refractivity contribution in [3.8, 4) is 11.1 Å². The fourth-order valence-corrected chi connectivity index (χ4v) is 6.73. The molecule has 47 heavy (non-hydrogen) atoms. The van der Waals surface area contributed by atoms with Gasteiger partial charge in [-0.3, -0.25) is 4.79 Å². The monoisotopic (exact) mass is 648 g/mol. The van der Waals surface area contributed by atoms with E-state index in [9.17, 15) is 27.9 Å². The van der Waals surface area contributed by atoms with Crippen molar-refractivity contribution in [2.24, 2.45) is 5.92 Å². The molecule has 1 amide bonds. The van der Waals surface area contributed by atoms with Crippen molar-refractivity contribution in [2.75, 3.05) is 20.6 Å². The predicted molar refractivity (Wildman–Crippen MR) is 175 cm³/mol. The van der Waals surface area contributed by atoms with E-state index >= 15 is 0 Å². The lowest BCUT2D eigenvalue weighted by atomic mass is 9.88. The van der Waals surface area contributed by atoms with Gasteiger partial charge in [-0.25, -0.2) is 14.8 Å². The molecule has 0 bridgehead atoms. The number of carbonyl (C=O) groups excluding carboxylic acids is 1. The Morgan fingerprint density at radius 2 is 1.85 bits per heavy atom. The quantitative estimate of drug-likeness (QED) is 0.252. The van der Waals surface area contributed by atoms with E-state index in [1.165, 1.54) is 29.4 Å². The first-order chi connectivity index (χ1) is 22.1. The first-order valence-electron chi connectivity index (χ1n) is 15.8. The van der Waals surface area contributed by atoms with Gasteiger partial charge in [-0.2, -0.15) is 17.7 Å². The largest absolute Gasteiger partial charge is 0.481 e. The number of carbonyl (C=O) groups is 2. The minimum atomic E-state index is -4.61. The third-order valence-electron chi connectivity index (χ3n) is 8.84. The van der Waals surface area contributed by atoms with Crippen LogP contribution in [-0.4, -0.2) is 86.4 Å². The van der Waals surface area contributed by atoms with Crippen LogP contribution in [0.1, 0.15) is 55.8 Å². The molecule has 2 aromatic carbocycles. The van der Waals surface area contributed by atoms with Crippen LogP contribution in [0.25, 0.3) is 22.0 Å². The van der Waals surface area contributed by atoms with Crippen molar-refractivity contribution in [1.29, 1.82) is 0 Å². The number of halogens is 3. The first kappa shape index (κ1) is 34.0. The van der Waals surface area contributed by atoms with E-state index in [-0.39, 0.29) is 23.8 Å². The second kappa shape index (κ2) is 13.4. The van der Waals surface area contributed by atoms with Gasteiger partial charge in [0, 0.05) is 29.9 Å². The lowest BCUT2D eigenvalue weighted by Crippen LogP contribution is -2.56. The summed E-state index contributed by atoms with van der Waals surface area (Å²) in [4.78, 5) is 39.2. The van der Waals surface area contributed by atoms with Gasteiger partial charge in [0.05, 0.1) is 11.1 Å². The molecule has 1 aromatic heterocycles. The molecule has 1 N–H and O–H groups in total. The predicted octanol–water partition coefficient (Wildman–Crippen LogP) is 6.48. The van der Waals surface area contributed by atoms with Gasteiger partial charge < -0.3 is 14.9 Å². The van der Waals surface area contributed by atoms with Crippen molar-refractivity contribution in [3.05, 3.63) is 83.0 Å². The van der Waals surface area contributed by atoms with Crippen LogP contribution in [0.2, 0.25) is 0 Å². The first-order valence-corrected chi connectivity index (χ1v) is 15.8. The number of alkyl halides is 3. The summed E-state index contributed by atoms with van der Waals surface area (Å²) in [7, 11) is 3.60. The summed E-state index contributed by atoms with van der Waals surface area (Å²) < 4.78 is 44.8. The summed E-state index contributed by atoms with van der Waals surface area (Å²) >= 11 is 0. The van der Waals surface area contributed by atoms with Gasteiger partial charge in [-0.15, -0.1) is 0 Å². The summed E-state index contributed by atoms with van der Waals surface area (Å²) in [6.07, 6.45) is 2.58. The molecule has 248 valence electrons. The Balaban J connectivity index is 1.73. The molecular formula is C36H41F3N5O3+. The van der Waals surface area contributed by atoms with Crippen molar-refractivity contribution >= 4 is 29.0 Å². The van der Waals surface area contributed by atoms with Crippen LogP contribution in [0.15, 0.2) is 66.3 Å². The standard InChI is InChI=1S/C36H40F3N5O3/c1-21(2)12-31-35(47)44(19-27-15-29(36(37,38)39)24(18-43(27)31)10-11-42(5)6)30(16-32(45)46)28-14-25(13-26-17-40-20-41-34(26)28)33-22(3)8-7-9-23(33)4/h7-9,13-15,17-21,27,30-31H,10-12,16H2,1-6H3/p+1/t27?,30-,31+/m0/s1. The Kier molecular flexibility index (Phi) is 9.68. The highest BCUT2D eigenvalue weighted by molar-refractivity contribution is 5.90. The number of aliphatic carboxylic acids is 1. The smallest absolute Gasteiger partial charge is 0.416 e. The zero-order valence-electron chi connectivity index (χ0n) is 27.5. The number of carboxylic acid groups (broad SMARTS) is 1. The van der Waals surface area contributed by atoms with Crippen LogP contribution in [-0.2, 0) is 9.59 Å². The minimum absolute atomic E-state index is 0.0371. The van der Waals surface area contributed by atoms with Gasteiger partial charge in [0.2, 0.25) is 0 Å².